The van der Waals surface area contributed by atoms with E-state index in [0.29, 0.717) is 13.0 Å². The average Bonchev–Trinajstić information content (AvgIpc) is 3.11. The molecule has 29 heavy (non-hydrogen) atoms. The van der Waals surface area contributed by atoms with Gasteiger partial charge in [-0.3, -0.25) is 14.7 Å². The summed E-state index contributed by atoms with van der Waals surface area (Å²) >= 11 is 1.56. The Bertz CT molecular complexity index is 1110. The number of pyridine rings is 1. The fourth-order valence-corrected chi connectivity index (χ4v) is 4.26. The first-order valence-corrected chi connectivity index (χ1v) is 10.4. The van der Waals surface area contributed by atoms with Crippen LogP contribution in [0, 0.1) is 20.8 Å². The lowest BCUT2D eigenvalue weighted by molar-refractivity contribution is -0.118. The van der Waals surface area contributed by atoms with Crippen molar-refractivity contribution in [2.75, 3.05) is 4.90 Å². The molecular weight excluding hydrogens is 378 g/mol. The standard InChI is InChI=1S/C24H23N3OS/c1-16-6-8-19(9-7-16)13-23(28)27(15-20-5-4-10-25-14-20)24-26-21-11-17(2)18(3)12-22(21)29-24/h4-12,14H,13,15H2,1-3H3. The van der Waals surface area contributed by atoms with Crippen LogP contribution in [0.1, 0.15) is 27.8 Å². The number of benzene rings is 2. The molecule has 0 atom stereocenters. The molecule has 0 unspecified atom stereocenters. The molecule has 1 amide bonds. The molecule has 0 aliphatic carbocycles. The number of carbonyl (C=O) groups excluding carboxylic acids is 1. The largest absolute Gasteiger partial charge is 0.283 e. The minimum atomic E-state index is 0.0326. The number of hydrogen-bond acceptors (Lipinski definition) is 4. The van der Waals surface area contributed by atoms with Gasteiger partial charge in [0.25, 0.3) is 0 Å². The third kappa shape index (κ3) is 4.35. The molecule has 0 N–H and O–H groups in total. The van der Waals surface area contributed by atoms with Crippen LogP contribution in [0.5, 0.6) is 0 Å². The van der Waals surface area contributed by atoms with E-state index in [-0.39, 0.29) is 5.91 Å². The topological polar surface area (TPSA) is 46.1 Å². The maximum Gasteiger partial charge on any atom is 0.233 e. The Kier molecular flexibility index (Phi) is 5.41. The van der Waals surface area contributed by atoms with Crippen molar-refractivity contribution < 1.29 is 4.79 Å². The minimum absolute atomic E-state index is 0.0326. The number of amides is 1. The van der Waals surface area contributed by atoms with Crippen molar-refractivity contribution in [1.29, 1.82) is 0 Å². The summed E-state index contributed by atoms with van der Waals surface area (Å²) in [4.78, 5) is 24.1. The number of thiazole rings is 1. The molecule has 0 radical (unpaired) electrons. The first kappa shape index (κ1) is 19.3. The summed E-state index contributed by atoms with van der Waals surface area (Å²) in [6, 6.07) is 16.2. The SMILES string of the molecule is Cc1ccc(CC(=O)N(Cc2cccnc2)c2nc3cc(C)c(C)cc3s2)cc1. The van der Waals surface area contributed by atoms with Gasteiger partial charge >= 0.3 is 0 Å². The van der Waals surface area contributed by atoms with Crippen molar-refractivity contribution in [3.8, 4) is 0 Å². The van der Waals surface area contributed by atoms with Crippen LogP contribution in [0.2, 0.25) is 0 Å². The van der Waals surface area contributed by atoms with Gasteiger partial charge in [-0.15, -0.1) is 0 Å². The molecule has 5 heteroatoms. The molecule has 0 aliphatic heterocycles. The second kappa shape index (κ2) is 8.13. The smallest absolute Gasteiger partial charge is 0.233 e. The van der Waals surface area contributed by atoms with Crippen molar-refractivity contribution >= 4 is 32.6 Å². The molecule has 0 aliphatic rings. The molecule has 4 nitrogen and oxygen atoms in total. The highest BCUT2D eigenvalue weighted by molar-refractivity contribution is 7.22. The van der Waals surface area contributed by atoms with Gasteiger partial charge in [-0.2, -0.15) is 0 Å². The lowest BCUT2D eigenvalue weighted by atomic mass is 10.1. The van der Waals surface area contributed by atoms with Crippen LogP contribution in [-0.2, 0) is 17.8 Å². The van der Waals surface area contributed by atoms with E-state index in [1.54, 1.807) is 28.6 Å². The third-order valence-electron chi connectivity index (χ3n) is 5.06. The zero-order valence-corrected chi connectivity index (χ0v) is 17.7. The number of carbonyl (C=O) groups is 1. The Hall–Kier alpha value is -3.05. The summed E-state index contributed by atoms with van der Waals surface area (Å²) in [7, 11) is 0. The Labute approximate surface area is 174 Å². The van der Waals surface area contributed by atoms with Crippen LogP contribution >= 0.6 is 11.3 Å². The molecule has 2 aromatic heterocycles. The molecule has 0 saturated carbocycles. The van der Waals surface area contributed by atoms with Crippen LogP contribution in [0.3, 0.4) is 0 Å². The Balaban J connectivity index is 1.69. The summed E-state index contributed by atoms with van der Waals surface area (Å²) in [6.07, 6.45) is 3.88. The molecule has 2 heterocycles. The molecule has 0 bridgehead atoms. The van der Waals surface area contributed by atoms with Crippen LogP contribution in [0.15, 0.2) is 60.9 Å². The van der Waals surface area contributed by atoms with Crippen molar-refractivity contribution in [3.63, 3.8) is 0 Å². The van der Waals surface area contributed by atoms with Gasteiger partial charge in [0, 0.05) is 12.4 Å². The van der Waals surface area contributed by atoms with Crippen molar-refractivity contribution in [2.45, 2.75) is 33.7 Å². The van der Waals surface area contributed by atoms with Gasteiger partial charge in [-0.05, 0) is 61.2 Å². The van der Waals surface area contributed by atoms with Gasteiger partial charge in [-0.1, -0.05) is 47.2 Å². The summed E-state index contributed by atoms with van der Waals surface area (Å²) < 4.78 is 1.10. The number of hydrogen-bond donors (Lipinski definition) is 0. The molecule has 0 saturated heterocycles. The van der Waals surface area contributed by atoms with Gasteiger partial charge < -0.3 is 0 Å². The molecule has 146 valence electrons. The van der Waals surface area contributed by atoms with E-state index in [0.717, 1.165) is 26.5 Å². The van der Waals surface area contributed by atoms with E-state index in [1.807, 2.05) is 43.3 Å². The van der Waals surface area contributed by atoms with Gasteiger partial charge in [0.2, 0.25) is 5.91 Å². The maximum atomic E-state index is 13.3. The summed E-state index contributed by atoms with van der Waals surface area (Å²) in [5.74, 6) is 0.0326. The van der Waals surface area contributed by atoms with Crippen molar-refractivity contribution in [3.05, 3.63) is 88.7 Å². The van der Waals surface area contributed by atoms with E-state index < -0.39 is 0 Å². The number of rotatable bonds is 5. The predicted octanol–water partition coefficient (Wildman–Crippen LogP) is 5.39. The monoisotopic (exact) mass is 401 g/mol. The third-order valence-corrected chi connectivity index (χ3v) is 6.11. The highest BCUT2D eigenvalue weighted by atomic mass is 32.1. The minimum Gasteiger partial charge on any atom is -0.283 e. The zero-order chi connectivity index (χ0) is 20.4. The Morgan fingerprint density at radius 1 is 1.00 bits per heavy atom. The lowest BCUT2D eigenvalue weighted by Crippen LogP contribution is -2.31. The van der Waals surface area contributed by atoms with E-state index in [1.165, 1.54) is 16.7 Å². The van der Waals surface area contributed by atoms with E-state index >= 15 is 0 Å². The first-order chi connectivity index (χ1) is 14.0. The van der Waals surface area contributed by atoms with Gasteiger partial charge in [0.05, 0.1) is 23.2 Å². The van der Waals surface area contributed by atoms with Gasteiger partial charge in [0.1, 0.15) is 0 Å². The second-order valence-electron chi connectivity index (χ2n) is 7.40. The van der Waals surface area contributed by atoms with Crippen LogP contribution in [0.4, 0.5) is 5.13 Å². The lowest BCUT2D eigenvalue weighted by Gasteiger charge is -2.20. The quantitative estimate of drug-likeness (QED) is 0.450. The Morgan fingerprint density at radius 2 is 1.76 bits per heavy atom. The zero-order valence-electron chi connectivity index (χ0n) is 16.8. The predicted molar refractivity (Wildman–Crippen MR) is 119 cm³/mol. The highest BCUT2D eigenvalue weighted by Gasteiger charge is 2.21. The number of aromatic nitrogens is 2. The van der Waals surface area contributed by atoms with Crippen LogP contribution in [-0.4, -0.2) is 15.9 Å². The molecule has 4 aromatic rings. The summed E-state index contributed by atoms with van der Waals surface area (Å²) in [5.41, 5.74) is 6.55. The van der Waals surface area contributed by atoms with Crippen LogP contribution < -0.4 is 4.90 Å². The maximum absolute atomic E-state index is 13.3. The van der Waals surface area contributed by atoms with Crippen molar-refractivity contribution in [2.24, 2.45) is 0 Å². The van der Waals surface area contributed by atoms with Crippen molar-refractivity contribution in [1.82, 2.24) is 9.97 Å². The average molecular weight is 402 g/mol. The fraction of sp³-hybridized carbons (Fsp3) is 0.208. The second-order valence-corrected chi connectivity index (χ2v) is 8.41. The molecular formula is C24H23N3OS. The Morgan fingerprint density at radius 3 is 2.48 bits per heavy atom. The van der Waals surface area contributed by atoms with Gasteiger partial charge in [0.15, 0.2) is 5.13 Å². The normalized spacial score (nSPS) is 11.0. The van der Waals surface area contributed by atoms with E-state index in [9.17, 15) is 4.79 Å². The summed E-state index contributed by atoms with van der Waals surface area (Å²) in [6.45, 7) is 6.69. The van der Waals surface area contributed by atoms with Crippen LogP contribution in [0.25, 0.3) is 10.2 Å². The van der Waals surface area contributed by atoms with E-state index in [2.05, 4.69) is 31.0 Å². The van der Waals surface area contributed by atoms with Gasteiger partial charge in [-0.25, -0.2) is 4.98 Å². The fourth-order valence-electron chi connectivity index (χ4n) is 3.20. The number of aryl methyl sites for hydroxylation is 3. The molecule has 0 fully saturated rings. The number of nitrogens with zero attached hydrogens (tertiary/aromatic N) is 3. The van der Waals surface area contributed by atoms with E-state index in [4.69, 9.17) is 4.98 Å². The number of fused-ring (bicyclic) bond motifs is 1. The molecule has 0 spiro atoms. The summed E-state index contributed by atoms with van der Waals surface area (Å²) in [5, 5.41) is 0.728. The molecule has 4 rings (SSSR count). The molecule has 2 aromatic carbocycles. The first-order valence-electron chi connectivity index (χ1n) is 9.62. The number of anilines is 1. The highest BCUT2D eigenvalue weighted by Crippen LogP contribution is 2.32.